The maximum atomic E-state index is 11.2. The number of hydrogen-bond acceptors (Lipinski definition) is 3. The molecule has 0 saturated heterocycles. The van der Waals surface area contributed by atoms with Gasteiger partial charge in [0.2, 0.25) is 0 Å². The van der Waals surface area contributed by atoms with Crippen molar-refractivity contribution in [3.63, 3.8) is 0 Å². The Bertz CT molecular complexity index is 519. The number of carbonyl (C=O) groups is 1. The van der Waals surface area contributed by atoms with Crippen molar-refractivity contribution in [1.29, 1.82) is 0 Å². The molecule has 0 aliphatic rings. The summed E-state index contributed by atoms with van der Waals surface area (Å²) in [6.07, 6.45) is 3.25. The lowest BCUT2D eigenvalue weighted by Crippen LogP contribution is -2.13. The van der Waals surface area contributed by atoms with E-state index < -0.39 is 6.09 Å². The van der Waals surface area contributed by atoms with E-state index in [4.69, 9.17) is 4.74 Å². The minimum absolute atomic E-state index is 0.359. The second kappa shape index (κ2) is 4.22. The first-order valence-corrected chi connectivity index (χ1v) is 5.08. The second-order valence-corrected chi connectivity index (χ2v) is 3.41. The molecule has 5 nitrogen and oxygen atoms in total. The van der Waals surface area contributed by atoms with E-state index in [9.17, 15) is 4.79 Å². The summed E-state index contributed by atoms with van der Waals surface area (Å²) >= 11 is 0. The van der Waals surface area contributed by atoms with E-state index in [1.807, 2.05) is 23.6 Å². The third-order valence-corrected chi connectivity index (χ3v) is 2.09. The Kier molecular flexibility index (Phi) is 2.76. The highest BCUT2D eigenvalue weighted by atomic mass is 16.5. The normalized spacial score (nSPS) is 10.4. The van der Waals surface area contributed by atoms with Crippen molar-refractivity contribution in [2.45, 2.75) is 13.8 Å². The van der Waals surface area contributed by atoms with Gasteiger partial charge in [-0.05, 0) is 26.0 Å². The monoisotopic (exact) mass is 219 g/mol. The standard InChI is InChI=1S/C11H13N3O2/c1-3-16-11(15)13-9-4-5-10-12-8(2)6-14(10)7-9/h4-7H,3H2,1-2H3,(H,13,15). The number of aromatic nitrogens is 2. The van der Waals surface area contributed by atoms with Gasteiger partial charge < -0.3 is 9.14 Å². The lowest BCUT2D eigenvalue weighted by Gasteiger charge is -2.05. The number of fused-ring (bicyclic) bond motifs is 1. The van der Waals surface area contributed by atoms with Crippen LogP contribution in [0.25, 0.3) is 5.65 Å². The van der Waals surface area contributed by atoms with Gasteiger partial charge in [-0.1, -0.05) is 0 Å². The molecule has 0 aliphatic heterocycles. The van der Waals surface area contributed by atoms with E-state index in [-0.39, 0.29) is 0 Å². The van der Waals surface area contributed by atoms with E-state index in [0.29, 0.717) is 12.3 Å². The Morgan fingerprint density at radius 3 is 3.06 bits per heavy atom. The number of carbonyl (C=O) groups excluding carboxylic acids is 1. The van der Waals surface area contributed by atoms with Crippen molar-refractivity contribution in [1.82, 2.24) is 9.38 Å². The van der Waals surface area contributed by atoms with Crippen LogP contribution in [0.2, 0.25) is 0 Å². The topological polar surface area (TPSA) is 55.6 Å². The molecule has 0 radical (unpaired) electrons. The Morgan fingerprint density at radius 1 is 1.50 bits per heavy atom. The maximum absolute atomic E-state index is 11.2. The Balaban J connectivity index is 2.22. The van der Waals surface area contributed by atoms with Crippen molar-refractivity contribution >= 4 is 17.4 Å². The molecular formula is C11H13N3O2. The molecule has 1 N–H and O–H groups in total. The Hall–Kier alpha value is -2.04. The lowest BCUT2D eigenvalue weighted by molar-refractivity contribution is 0.168. The molecule has 2 heterocycles. The summed E-state index contributed by atoms with van der Waals surface area (Å²) in [7, 11) is 0. The predicted octanol–water partition coefficient (Wildman–Crippen LogP) is 2.21. The summed E-state index contributed by atoms with van der Waals surface area (Å²) < 4.78 is 6.65. The number of amides is 1. The largest absolute Gasteiger partial charge is 0.450 e. The first-order valence-electron chi connectivity index (χ1n) is 5.08. The van der Waals surface area contributed by atoms with Crippen LogP contribution in [0.1, 0.15) is 12.6 Å². The Morgan fingerprint density at radius 2 is 2.31 bits per heavy atom. The molecule has 2 aromatic rings. The SMILES string of the molecule is CCOC(=O)Nc1ccc2nc(C)cn2c1. The van der Waals surface area contributed by atoms with Crippen LogP contribution in [0.3, 0.4) is 0 Å². The van der Waals surface area contributed by atoms with Gasteiger partial charge in [-0.2, -0.15) is 0 Å². The molecule has 2 aromatic heterocycles. The fourth-order valence-corrected chi connectivity index (χ4v) is 1.48. The number of pyridine rings is 1. The molecule has 0 unspecified atom stereocenters. The minimum Gasteiger partial charge on any atom is -0.450 e. The van der Waals surface area contributed by atoms with Crippen LogP contribution in [0, 0.1) is 6.92 Å². The number of imidazole rings is 1. The molecule has 16 heavy (non-hydrogen) atoms. The van der Waals surface area contributed by atoms with Crippen molar-refractivity contribution in [3.05, 3.63) is 30.2 Å². The van der Waals surface area contributed by atoms with Gasteiger partial charge in [-0.25, -0.2) is 9.78 Å². The molecule has 0 spiro atoms. The van der Waals surface area contributed by atoms with Crippen LogP contribution in [0.5, 0.6) is 0 Å². The zero-order valence-corrected chi connectivity index (χ0v) is 9.23. The molecule has 0 fully saturated rings. The molecule has 0 atom stereocenters. The molecule has 84 valence electrons. The van der Waals surface area contributed by atoms with Crippen LogP contribution < -0.4 is 5.32 Å². The molecule has 0 saturated carbocycles. The maximum Gasteiger partial charge on any atom is 0.411 e. The summed E-state index contributed by atoms with van der Waals surface area (Å²) in [6.45, 7) is 4.05. The predicted molar refractivity (Wildman–Crippen MR) is 60.6 cm³/mol. The molecule has 2 rings (SSSR count). The summed E-state index contributed by atoms with van der Waals surface area (Å²) in [5.74, 6) is 0. The quantitative estimate of drug-likeness (QED) is 0.842. The van der Waals surface area contributed by atoms with Gasteiger partial charge in [0.25, 0.3) is 0 Å². The highest BCUT2D eigenvalue weighted by Crippen LogP contribution is 2.11. The van der Waals surface area contributed by atoms with E-state index >= 15 is 0 Å². The zero-order valence-electron chi connectivity index (χ0n) is 9.23. The first-order chi connectivity index (χ1) is 7.69. The summed E-state index contributed by atoms with van der Waals surface area (Å²) in [6, 6.07) is 3.63. The second-order valence-electron chi connectivity index (χ2n) is 3.41. The number of ether oxygens (including phenoxy) is 1. The number of nitrogens with zero attached hydrogens (tertiary/aromatic N) is 2. The van der Waals surface area contributed by atoms with E-state index in [1.54, 1.807) is 19.2 Å². The van der Waals surface area contributed by atoms with E-state index in [0.717, 1.165) is 11.3 Å². The van der Waals surface area contributed by atoms with Crippen molar-refractivity contribution in [2.24, 2.45) is 0 Å². The van der Waals surface area contributed by atoms with Gasteiger partial charge in [-0.3, -0.25) is 5.32 Å². The molecule has 0 bridgehead atoms. The van der Waals surface area contributed by atoms with Crippen molar-refractivity contribution in [2.75, 3.05) is 11.9 Å². The van der Waals surface area contributed by atoms with Gasteiger partial charge in [0, 0.05) is 12.4 Å². The van der Waals surface area contributed by atoms with Crippen LogP contribution in [-0.4, -0.2) is 22.1 Å². The van der Waals surface area contributed by atoms with Gasteiger partial charge in [0.1, 0.15) is 5.65 Å². The third kappa shape index (κ3) is 2.13. The van der Waals surface area contributed by atoms with Crippen LogP contribution in [0.4, 0.5) is 10.5 Å². The van der Waals surface area contributed by atoms with E-state index in [2.05, 4.69) is 10.3 Å². The van der Waals surface area contributed by atoms with Crippen molar-refractivity contribution in [3.8, 4) is 0 Å². The van der Waals surface area contributed by atoms with Gasteiger partial charge in [0.05, 0.1) is 18.0 Å². The summed E-state index contributed by atoms with van der Waals surface area (Å²) in [5.41, 5.74) is 2.48. The Labute approximate surface area is 93.1 Å². The summed E-state index contributed by atoms with van der Waals surface area (Å²) in [5, 5.41) is 2.63. The van der Waals surface area contributed by atoms with Crippen LogP contribution in [-0.2, 0) is 4.74 Å². The minimum atomic E-state index is -0.446. The number of hydrogen-bond donors (Lipinski definition) is 1. The highest BCUT2D eigenvalue weighted by Gasteiger charge is 2.03. The number of aryl methyl sites for hydroxylation is 1. The fourth-order valence-electron chi connectivity index (χ4n) is 1.48. The van der Waals surface area contributed by atoms with Crippen LogP contribution >= 0.6 is 0 Å². The molecular weight excluding hydrogens is 206 g/mol. The smallest absolute Gasteiger partial charge is 0.411 e. The summed E-state index contributed by atoms with van der Waals surface area (Å²) in [4.78, 5) is 15.5. The number of anilines is 1. The molecule has 0 aromatic carbocycles. The van der Waals surface area contributed by atoms with Gasteiger partial charge in [0.15, 0.2) is 0 Å². The fraction of sp³-hybridized carbons (Fsp3) is 0.273. The highest BCUT2D eigenvalue weighted by molar-refractivity contribution is 5.84. The zero-order chi connectivity index (χ0) is 11.5. The number of rotatable bonds is 2. The molecule has 1 amide bonds. The van der Waals surface area contributed by atoms with Gasteiger partial charge >= 0.3 is 6.09 Å². The van der Waals surface area contributed by atoms with Crippen molar-refractivity contribution < 1.29 is 9.53 Å². The average Bonchev–Trinajstić information content (AvgIpc) is 2.57. The lowest BCUT2D eigenvalue weighted by atomic mass is 10.4. The average molecular weight is 219 g/mol. The third-order valence-electron chi connectivity index (χ3n) is 2.09. The van der Waals surface area contributed by atoms with Gasteiger partial charge in [-0.15, -0.1) is 0 Å². The first kappa shape index (κ1) is 10.5. The molecule has 5 heteroatoms. The molecule has 0 aliphatic carbocycles. The van der Waals surface area contributed by atoms with Crippen LogP contribution in [0.15, 0.2) is 24.5 Å². The van der Waals surface area contributed by atoms with E-state index in [1.165, 1.54) is 0 Å². The number of nitrogens with one attached hydrogen (secondary N) is 1.